The van der Waals surface area contributed by atoms with E-state index in [1.54, 1.807) is 6.20 Å². The zero-order valence-electron chi connectivity index (χ0n) is 10.4. The van der Waals surface area contributed by atoms with Crippen molar-refractivity contribution in [2.24, 2.45) is 0 Å². The monoisotopic (exact) mass is 354 g/mol. The molecule has 18 heavy (non-hydrogen) atoms. The Kier molecular flexibility index (Phi) is 4.46. The molecule has 0 unspecified atom stereocenters. The van der Waals surface area contributed by atoms with Crippen LogP contribution in [-0.2, 0) is 0 Å². The Labute approximate surface area is 120 Å². The van der Waals surface area contributed by atoms with Crippen LogP contribution in [0.1, 0.15) is 18.9 Å². The van der Waals surface area contributed by atoms with Crippen molar-refractivity contribution in [2.45, 2.75) is 20.3 Å². The smallest absolute Gasteiger partial charge is 0.161 e. The van der Waals surface area contributed by atoms with Crippen LogP contribution in [0.4, 0.5) is 5.82 Å². The Hall–Kier alpha value is -1.24. The fourth-order valence-corrected chi connectivity index (χ4v) is 2.04. The number of nitrogens with one attached hydrogen (secondary N) is 1. The summed E-state index contributed by atoms with van der Waals surface area (Å²) in [6.45, 7) is 5.07. The molecule has 0 atom stereocenters. The lowest BCUT2D eigenvalue weighted by molar-refractivity contribution is 0.962. The van der Waals surface area contributed by atoms with Gasteiger partial charge in [-0.25, -0.2) is 9.97 Å². The van der Waals surface area contributed by atoms with Gasteiger partial charge in [0.25, 0.3) is 0 Å². The molecule has 0 spiro atoms. The second kappa shape index (κ2) is 6.08. The maximum atomic E-state index is 4.58. The Bertz CT molecular complexity index is 542. The molecule has 0 fully saturated rings. The van der Waals surface area contributed by atoms with Crippen LogP contribution in [0.2, 0.25) is 0 Å². The van der Waals surface area contributed by atoms with Gasteiger partial charge >= 0.3 is 0 Å². The lowest BCUT2D eigenvalue weighted by Crippen LogP contribution is -2.06. The molecule has 2 aromatic rings. The fraction of sp³-hybridized carbons (Fsp3) is 0.308. The van der Waals surface area contributed by atoms with E-state index in [1.165, 1.54) is 0 Å². The lowest BCUT2D eigenvalue weighted by Gasteiger charge is -2.09. The van der Waals surface area contributed by atoms with E-state index in [4.69, 9.17) is 0 Å². The van der Waals surface area contributed by atoms with Crippen molar-refractivity contribution in [1.29, 1.82) is 0 Å². The Balaban J connectivity index is 2.38. The van der Waals surface area contributed by atoms with Crippen LogP contribution in [0.25, 0.3) is 11.4 Å². The molecule has 0 saturated carbocycles. The van der Waals surface area contributed by atoms with Crippen molar-refractivity contribution in [1.82, 2.24) is 15.0 Å². The summed E-state index contributed by atoms with van der Waals surface area (Å²) in [6.07, 6.45) is 6.52. The molecule has 0 aliphatic rings. The Morgan fingerprint density at radius 2 is 2.17 bits per heavy atom. The fourth-order valence-electron chi connectivity index (χ4n) is 1.59. The van der Waals surface area contributed by atoms with Gasteiger partial charge < -0.3 is 5.32 Å². The van der Waals surface area contributed by atoms with Crippen LogP contribution in [0.3, 0.4) is 0 Å². The van der Waals surface area contributed by atoms with Crippen LogP contribution in [0.5, 0.6) is 0 Å². The minimum atomic E-state index is 0.744. The lowest BCUT2D eigenvalue weighted by atomic mass is 10.1. The van der Waals surface area contributed by atoms with Gasteiger partial charge in [0.2, 0.25) is 0 Å². The zero-order valence-corrected chi connectivity index (χ0v) is 12.6. The third-order valence-corrected chi connectivity index (χ3v) is 3.34. The second-order valence-corrected chi connectivity index (χ2v) is 5.17. The van der Waals surface area contributed by atoms with Gasteiger partial charge in [-0.3, -0.25) is 4.98 Å². The molecule has 2 aromatic heterocycles. The van der Waals surface area contributed by atoms with E-state index >= 15 is 0 Å². The number of pyridine rings is 1. The van der Waals surface area contributed by atoms with E-state index in [0.717, 1.165) is 39.3 Å². The molecule has 0 amide bonds. The molecule has 0 aliphatic carbocycles. The van der Waals surface area contributed by atoms with Gasteiger partial charge in [-0.2, -0.15) is 0 Å². The van der Waals surface area contributed by atoms with E-state index in [0.29, 0.717) is 0 Å². The van der Waals surface area contributed by atoms with Crippen molar-refractivity contribution in [3.8, 4) is 11.4 Å². The third kappa shape index (κ3) is 2.95. The molecule has 94 valence electrons. The molecule has 5 heteroatoms. The molecule has 0 bridgehead atoms. The van der Waals surface area contributed by atoms with Crippen molar-refractivity contribution >= 4 is 28.4 Å². The molecule has 2 rings (SSSR count). The van der Waals surface area contributed by atoms with Crippen LogP contribution < -0.4 is 5.32 Å². The summed E-state index contributed by atoms with van der Waals surface area (Å²) in [4.78, 5) is 13.1. The summed E-state index contributed by atoms with van der Waals surface area (Å²) in [7, 11) is 0. The molecular weight excluding hydrogens is 339 g/mol. The summed E-state index contributed by atoms with van der Waals surface area (Å²) in [5.41, 5.74) is 2.11. The maximum absolute atomic E-state index is 4.58. The highest BCUT2D eigenvalue weighted by atomic mass is 127. The average Bonchev–Trinajstić information content (AvgIpc) is 2.39. The quantitative estimate of drug-likeness (QED) is 0.857. The minimum absolute atomic E-state index is 0.744. The third-order valence-electron chi connectivity index (χ3n) is 2.55. The summed E-state index contributed by atoms with van der Waals surface area (Å²) >= 11 is 2.24. The number of hydrogen-bond acceptors (Lipinski definition) is 4. The molecule has 2 heterocycles. The highest BCUT2D eigenvalue weighted by Crippen LogP contribution is 2.22. The first kappa shape index (κ1) is 13.2. The zero-order chi connectivity index (χ0) is 13.0. The van der Waals surface area contributed by atoms with Crippen LogP contribution in [0.15, 0.2) is 24.7 Å². The average molecular weight is 354 g/mol. The van der Waals surface area contributed by atoms with Crippen LogP contribution >= 0.6 is 22.6 Å². The number of halogens is 1. The molecule has 4 nitrogen and oxygen atoms in total. The van der Waals surface area contributed by atoms with E-state index in [9.17, 15) is 0 Å². The minimum Gasteiger partial charge on any atom is -0.369 e. The first-order chi connectivity index (χ1) is 8.72. The number of aromatic nitrogens is 3. The van der Waals surface area contributed by atoms with E-state index in [-0.39, 0.29) is 0 Å². The number of rotatable bonds is 4. The summed E-state index contributed by atoms with van der Waals surface area (Å²) in [5.74, 6) is 1.65. The SMILES string of the molecule is CCCNc1nc(-c2ccncc2C)ncc1I. The van der Waals surface area contributed by atoms with Gasteiger partial charge in [0.1, 0.15) is 5.82 Å². The molecule has 0 saturated heterocycles. The van der Waals surface area contributed by atoms with Crippen molar-refractivity contribution < 1.29 is 0 Å². The van der Waals surface area contributed by atoms with Gasteiger partial charge in [-0.15, -0.1) is 0 Å². The van der Waals surface area contributed by atoms with Gasteiger partial charge in [0, 0.05) is 30.7 Å². The van der Waals surface area contributed by atoms with Gasteiger partial charge in [0.05, 0.1) is 3.57 Å². The van der Waals surface area contributed by atoms with Crippen molar-refractivity contribution in [2.75, 3.05) is 11.9 Å². The summed E-state index contributed by atoms with van der Waals surface area (Å²) in [6, 6.07) is 1.95. The summed E-state index contributed by atoms with van der Waals surface area (Å²) < 4.78 is 1.04. The van der Waals surface area contributed by atoms with E-state index in [2.05, 4.69) is 49.8 Å². The molecule has 0 aliphatic heterocycles. The van der Waals surface area contributed by atoms with E-state index < -0.39 is 0 Å². The first-order valence-electron chi connectivity index (χ1n) is 5.89. The number of aryl methyl sites for hydroxylation is 1. The Morgan fingerprint density at radius 1 is 1.33 bits per heavy atom. The van der Waals surface area contributed by atoms with Gasteiger partial charge in [-0.05, 0) is 47.6 Å². The normalized spacial score (nSPS) is 10.4. The van der Waals surface area contributed by atoms with E-state index in [1.807, 2.05) is 25.4 Å². The molecule has 0 aromatic carbocycles. The van der Waals surface area contributed by atoms with Crippen LogP contribution in [0, 0.1) is 10.5 Å². The van der Waals surface area contributed by atoms with Gasteiger partial charge in [-0.1, -0.05) is 6.92 Å². The number of hydrogen-bond donors (Lipinski definition) is 1. The largest absolute Gasteiger partial charge is 0.369 e. The summed E-state index contributed by atoms with van der Waals surface area (Å²) in [5, 5.41) is 3.32. The van der Waals surface area contributed by atoms with Crippen LogP contribution in [-0.4, -0.2) is 21.5 Å². The standard InChI is InChI=1S/C13H15IN4/c1-3-5-16-13-11(14)8-17-12(18-13)10-4-6-15-7-9(10)2/h4,6-8H,3,5H2,1-2H3,(H,16,17,18). The highest BCUT2D eigenvalue weighted by molar-refractivity contribution is 14.1. The molecular formula is C13H15IN4. The highest BCUT2D eigenvalue weighted by Gasteiger charge is 2.08. The number of anilines is 1. The predicted octanol–water partition coefficient (Wildman–Crippen LogP) is 3.27. The first-order valence-corrected chi connectivity index (χ1v) is 6.97. The maximum Gasteiger partial charge on any atom is 0.161 e. The van der Waals surface area contributed by atoms with Crippen molar-refractivity contribution in [3.63, 3.8) is 0 Å². The van der Waals surface area contributed by atoms with Gasteiger partial charge in [0.15, 0.2) is 5.82 Å². The Morgan fingerprint density at radius 3 is 2.89 bits per heavy atom. The van der Waals surface area contributed by atoms with Crippen molar-refractivity contribution in [3.05, 3.63) is 33.8 Å². The predicted molar refractivity (Wildman–Crippen MR) is 81.5 cm³/mol. The topological polar surface area (TPSA) is 50.7 Å². The number of nitrogens with zero attached hydrogens (tertiary/aromatic N) is 3. The second-order valence-electron chi connectivity index (χ2n) is 4.01. The molecule has 1 N–H and O–H groups in total. The molecule has 0 radical (unpaired) electrons.